The molecule has 0 heterocycles. The molecule has 2 aromatic carbocycles. The van der Waals surface area contributed by atoms with Crippen LogP contribution >= 0.6 is 11.6 Å². The molecule has 8 nitrogen and oxygen atoms in total. The Balaban J connectivity index is 2.49. The first-order valence-corrected chi connectivity index (χ1v) is 6.19. The number of hydrogen-bond donors (Lipinski definition) is 4. The molecule has 2 aromatic rings. The van der Waals surface area contributed by atoms with Crippen LogP contribution in [0.2, 0.25) is 5.02 Å². The number of phenols is 3. The van der Waals surface area contributed by atoms with Gasteiger partial charge < -0.3 is 20.6 Å². The normalized spacial score (nSPS) is 10.2. The van der Waals surface area contributed by atoms with Gasteiger partial charge in [0.1, 0.15) is 11.3 Å². The van der Waals surface area contributed by atoms with E-state index in [0.717, 1.165) is 0 Å². The Hall–Kier alpha value is -3.00. The first-order valence-electron chi connectivity index (χ1n) is 5.81. The van der Waals surface area contributed by atoms with Crippen LogP contribution in [-0.4, -0.2) is 26.2 Å². The van der Waals surface area contributed by atoms with E-state index in [-0.39, 0.29) is 10.7 Å². The molecular weight excluding hydrogens is 316 g/mol. The number of nitrogens with zero attached hydrogens (tertiary/aromatic N) is 1. The third-order valence-electron chi connectivity index (χ3n) is 2.76. The number of amides is 1. The molecule has 0 radical (unpaired) electrons. The van der Waals surface area contributed by atoms with E-state index in [0.29, 0.717) is 6.07 Å². The van der Waals surface area contributed by atoms with Gasteiger partial charge >= 0.3 is 5.69 Å². The summed E-state index contributed by atoms with van der Waals surface area (Å²) in [5, 5.41) is 42.1. The van der Waals surface area contributed by atoms with Crippen molar-refractivity contribution in [3.8, 4) is 17.2 Å². The fourth-order valence-electron chi connectivity index (χ4n) is 1.78. The molecule has 0 spiro atoms. The molecule has 0 aliphatic rings. The topological polar surface area (TPSA) is 133 Å². The van der Waals surface area contributed by atoms with Gasteiger partial charge in [0.25, 0.3) is 5.91 Å². The number of benzene rings is 2. The van der Waals surface area contributed by atoms with Gasteiger partial charge in [-0.25, -0.2) is 0 Å². The fraction of sp³-hybridized carbons (Fsp3) is 0. The Morgan fingerprint density at radius 3 is 2.41 bits per heavy atom. The maximum absolute atomic E-state index is 12.1. The molecule has 0 saturated carbocycles. The highest BCUT2D eigenvalue weighted by molar-refractivity contribution is 6.34. The van der Waals surface area contributed by atoms with Crippen molar-refractivity contribution in [3.63, 3.8) is 0 Å². The molecule has 0 bridgehead atoms. The summed E-state index contributed by atoms with van der Waals surface area (Å²) in [5.74, 6) is -3.95. The van der Waals surface area contributed by atoms with Crippen molar-refractivity contribution in [2.24, 2.45) is 0 Å². The van der Waals surface area contributed by atoms with E-state index >= 15 is 0 Å². The zero-order valence-electron chi connectivity index (χ0n) is 10.8. The Labute approximate surface area is 128 Å². The number of nitro groups is 1. The lowest BCUT2D eigenvalue weighted by molar-refractivity contribution is -0.386. The van der Waals surface area contributed by atoms with Crippen molar-refractivity contribution in [1.82, 2.24) is 0 Å². The van der Waals surface area contributed by atoms with Gasteiger partial charge in [0.15, 0.2) is 0 Å². The molecule has 2 rings (SSSR count). The largest absolute Gasteiger partial charge is 0.507 e. The average Bonchev–Trinajstić information content (AvgIpc) is 2.40. The monoisotopic (exact) mass is 324 g/mol. The number of rotatable bonds is 3. The lowest BCUT2D eigenvalue weighted by atomic mass is 10.1. The van der Waals surface area contributed by atoms with Crippen LogP contribution < -0.4 is 5.32 Å². The number of aromatic hydroxyl groups is 3. The average molecular weight is 325 g/mol. The highest BCUT2D eigenvalue weighted by Gasteiger charge is 2.30. The van der Waals surface area contributed by atoms with Crippen LogP contribution in [0.15, 0.2) is 30.3 Å². The summed E-state index contributed by atoms with van der Waals surface area (Å²) in [7, 11) is 0. The Bertz CT molecular complexity index is 777. The summed E-state index contributed by atoms with van der Waals surface area (Å²) in [6.07, 6.45) is 0. The number of phenolic OH excluding ortho intramolecular Hbond substituents is 3. The molecule has 0 saturated heterocycles. The standard InChI is InChI=1S/C13H9ClN2O6/c14-6-3-1-2-4-7(6)15-13(20)10-8(17)5-9(18)11(12(10)19)16(21)22/h1-5,17-19H,(H,15,20). The summed E-state index contributed by atoms with van der Waals surface area (Å²) in [4.78, 5) is 21.8. The van der Waals surface area contributed by atoms with Gasteiger partial charge in [0.2, 0.25) is 11.5 Å². The first kappa shape index (κ1) is 15.4. The highest BCUT2D eigenvalue weighted by Crippen LogP contribution is 2.43. The summed E-state index contributed by atoms with van der Waals surface area (Å²) in [6.45, 7) is 0. The minimum atomic E-state index is -1.15. The number of halogens is 1. The van der Waals surface area contributed by atoms with Crippen molar-refractivity contribution < 1.29 is 25.0 Å². The molecule has 114 valence electrons. The van der Waals surface area contributed by atoms with E-state index in [2.05, 4.69) is 5.32 Å². The van der Waals surface area contributed by atoms with Gasteiger partial charge in [-0.15, -0.1) is 0 Å². The van der Waals surface area contributed by atoms with Gasteiger partial charge in [-0.1, -0.05) is 23.7 Å². The molecular formula is C13H9ClN2O6. The second-order valence-corrected chi connectivity index (χ2v) is 4.59. The third-order valence-corrected chi connectivity index (χ3v) is 3.09. The van der Waals surface area contributed by atoms with Crippen molar-refractivity contribution in [1.29, 1.82) is 0 Å². The molecule has 1 amide bonds. The Kier molecular flexibility index (Phi) is 4.04. The Morgan fingerprint density at radius 2 is 1.82 bits per heavy atom. The fourth-order valence-corrected chi connectivity index (χ4v) is 1.97. The summed E-state index contributed by atoms with van der Waals surface area (Å²) in [5.41, 5.74) is -1.64. The van der Waals surface area contributed by atoms with Gasteiger partial charge in [0.05, 0.1) is 15.6 Å². The predicted molar refractivity (Wildman–Crippen MR) is 77.5 cm³/mol. The van der Waals surface area contributed by atoms with Crippen LogP contribution in [-0.2, 0) is 0 Å². The van der Waals surface area contributed by atoms with E-state index in [1.165, 1.54) is 12.1 Å². The van der Waals surface area contributed by atoms with E-state index in [4.69, 9.17) is 11.6 Å². The lowest BCUT2D eigenvalue weighted by Crippen LogP contribution is -2.13. The third kappa shape index (κ3) is 2.72. The zero-order chi connectivity index (χ0) is 16.4. The maximum Gasteiger partial charge on any atom is 0.353 e. The second kappa shape index (κ2) is 5.78. The molecule has 0 aromatic heterocycles. The number of nitrogens with one attached hydrogen (secondary N) is 1. The minimum absolute atomic E-state index is 0.184. The van der Waals surface area contributed by atoms with Crippen LogP contribution in [0.25, 0.3) is 0 Å². The summed E-state index contributed by atoms with van der Waals surface area (Å²) >= 11 is 5.85. The van der Waals surface area contributed by atoms with E-state index < -0.39 is 39.3 Å². The van der Waals surface area contributed by atoms with Crippen LogP contribution in [0.1, 0.15) is 10.4 Å². The van der Waals surface area contributed by atoms with E-state index in [1.807, 2.05) is 0 Å². The quantitative estimate of drug-likeness (QED) is 0.506. The summed E-state index contributed by atoms with van der Waals surface area (Å²) < 4.78 is 0. The van der Waals surface area contributed by atoms with E-state index in [1.54, 1.807) is 12.1 Å². The minimum Gasteiger partial charge on any atom is -0.507 e. The number of anilines is 1. The maximum atomic E-state index is 12.1. The smallest absolute Gasteiger partial charge is 0.353 e. The predicted octanol–water partition coefficient (Wildman–Crippen LogP) is 2.62. The number of hydrogen-bond acceptors (Lipinski definition) is 6. The summed E-state index contributed by atoms with van der Waals surface area (Å²) in [6, 6.07) is 6.76. The van der Waals surface area contributed by atoms with Gasteiger partial charge in [0, 0.05) is 6.07 Å². The molecule has 0 aliphatic heterocycles. The van der Waals surface area contributed by atoms with Crippen LogP contribution in [0, 0.1) is 10.1 Å². The van der Waals surface area contributed by atoms with Crippen molar-refractivity contribution in [2.45, 2.75) is 0 Å². The van der Waals surface area contributed by atoms with Gasteiger partial charge in [-0.05, 0) is 12.1 Å². The number of carbonyl (C=O) groups excluding carboxylic acids is 1. The Morgan fingerprint density at radius 1 is 1.18 bits per heavy atom. The van der Waals surface area contributed by atoms with Crippen LogP contribution in [0.3, 0.4) is 0 Å². The molecule has 0 atom stereocenters. The molecule has 0 unspecified atom stereocenters. The molecule has 22 heavy (non-hydrogen) atoms. The zero-order valence-corrected chi connectivity index (χ0v) is 11.5. The first-order chi connectivity index (χ1) is 10.3. The van der Waals surface area contributed by atoms with Gasteiger partial charge in [-0.3, -0.25) is 14.9 Å². The van der Waals surface area contributed by atoms with Gasteiger partial charge in [-0.2, -0.15) is 0 Å². The lowest BCUT2D eigenvalue weighted by Gasteiger charge is -2.10. The SMILES string of the molecule is O=C(Nc1ccccc1Cl)c1c(O)cc(O)c([N+](=O)[O-])c1O. The number of nitro benzene ring substituents is 1. The van der Waals surface area contributed by atoms with Crippen LogP contribution in [0.4, 0.5) is 11.4 Å². The molecule has 9 heteroatoms. The second-order valence-electron chi connectivity index (χ2n) is 4.18. The highest BCUT2D eigenvalue weighted by atomic mass is 35.5. The number of carbonyl (C=O) groups is 1. The van der Waals surface area contributed by atoms with Crippen LogP contribution in [0.5, 0.6) is 17.2 Å². The van der Waals surface area contributed by atoms with Crippen molar-refractivity contribution in [2.75, 3.05) is 5.32 Å². The molecule has 0 aliphatic carbocycles. The molecule has 4 N–H and O–H groups in total. The van der Waals surface area contributed by atoms with Crippen molar-refractivity contribution in [3.05, 3.63) is 51.0 Å². The number of para-hydroxylation sites is 1. The van der Waals surface area contributed by atoms with Crippen molar-refractivity contribution >= 4 is 28.9 Å². The van der Waals surface area contributed by atoms with E-state index in [9.17, 15) is 30.2 Å². The molecule has 0 fully saturated rings.